The van der Waals surface area contributed by atoms with Gasteiger partial charge in [-0.15, -0.1) is 0 Å². The monoisotopic (exact) mass is 236 g/mol. The molecule has 92 valence electrons. The quantitative estimate of drug-likeness (QED) is 0.733. The number of hydrogen-bond donors (Lipinski definition) is 0. The van der Waals surface area contributed by atoms with Crippen molar-refractivity contribution in [2.24, 2.45) is 21.1 Å². The van der Waals surface area contributed by atoms with E-state index in [1.165, 1.54) is 11.6 Å². The Labute approximate surface area is 98.1 Å². The van der Waals surface area contributed by atoms with Gasteiger partial charge in [0.25, 0.3) is 5.56 Å². The largest absolute Gasteiger partial charge is 0.332 e. The van der Waals surface area contributed by atoms with Crippen molar-refractivity contribution in [3.8, 4) is 0 Å². The van der Waals surface area contributed by atoms with Crippen molar-refractivity contribution >= 4 is 11.2 Å². The van der Waals surface area contributed by atoms with Crippen LogP contribution in [0.15, 0.2) is 9.59 Å². The Balaban J connectivity index is 2.97. The first kappa shape index (κ1) is 11.6. The number of aryl methyl sites for hydroxylation is 3. The van der Waals surface area contributed by atoms with Gasteiger partial charge < -0.3 is 4.57 Å². The maximum atomic E-state index is 12.0. The van der Waals surface area contributed by atoms with Crippen LogP contribution in [-0.4, -0.2) is 18.7 Å². The molecule has 0 aromatic carbocycles. The Hall–Kier alpha value is -1.85. The van der Waals surface area contributed by atoms with Crippen LogP contribution in [0.25, 0.3) is 11.2 Å². The van der Waals surface area contributed by atoms with Crippen LogP contribution in [0.4, 0.5) is 0 Å². The van der Waals surface area contributed by atoms with Crippen molar-refractivity contribution in [2.75, 3.05) is 0 Å². The summed E-state index contributed by atoms with van der Waals surface area (Å²) in [5.41, 5.74) is 0.311. The second kappa shape index (κ2) is 3.87. The van der Waals surface area contributed by atoms with Gasteiger partial charge in [0, 0.05) is 27.6 Å². The maximum absolute atomic E-state index is 12.0. The Morgan fingerprint density at radius 1 is 1.06 bits per heavy atom. The molecule has 0 spiro atoms. The molecule has 0 bridgehead atoms. The van der Waals surface area contributed by atoms with Crippen LogP contribution in [0.3, 0.4) is 0 Å². The van der Waals surface area contributed by atoms with Gasteiger partial charge in [0.1, 0.15) is 5.82 Å². The molecule has 2 heterocycles. The SMILES string of the molecule is CCCc1nc2c(c(=O)n(C)c(=O)n2C)n1C. The first-order valence-electron chi connectivity index (χ1n) is 5.60. The van der Waals surface area contributed by atoms with E-state index in [4.69, 9.17) is 0 Å². The zero-order valence-corrected chi connectivity index (χ0v) is 10.5. The summed E-state index contributed by atoms with van der Waals surface area (Å²) >= 11 is 0. The van der Waals surface area contributed by atoms with Gasteiger partial charge in [-0.05, 0) is 6.42 Å². The molecule has 0 aliphatic rings. The summed E-state index contributed by atoms with van der Waals surface area (Å²) in [6.07, 6.45) is 1.74. The Kier molecular flexibility index (Phi) is 2.65. The van der Waals surface area contributed by atoms with Crippen molar-refractivity contribution in [3.05, 3.63) is 26.7 Å². The molecule has 0 aliphatic heterocycles. The highest BCUT2D eigenvalue weighted by molar-refractivity contribution is 5.70. The van der Waals surface area contributed by atoms with Gasteiger partial charge in [0.05, 0.1) is 0 Å². The molecular weight excluding hydrogens is 220 g/mol. The van der Waals surface area contributed by atoms with Crippen LogP contribution in [0.2, 0.25) is 0 Å². The van der Waals surface area contributed by atoms with Crippen LogP contribution in [0.1, 0.15) is 19.2 Å². The molecule has 0 amide bonds. The average Bonchev–Trinajstić information content (AvgIpc) is 2.62. The Bertz CT molecular complexity index is 690. The lowest BCUT2D eigenvalue weighted by Gasteiger charge is -2.03. The van der Waals surface area contributed by atoms with Gasteiger partial charge in [-0.25, -0.2) is 9.78 Å². The summed E-state index contributed by atoms with van der Waals surface area (Å²) < 4.78 is 4.30. The molecule has 0 aliphatic carbocycles. The fraction of sp³-hybridized carbons (Fsp3) is 0.545. The van der Waals surface area contributed by atoms with E-state index >= 15 is 0 Å². The molecule has 0 fully saturated rings. The normalized spacial score (nSPS) is 11.3. The molecular formula is C11H16N4O2. The molecule has 2 aromatic heterocycles. The standard InChI is InChI=1S/C11H16N4O2/c1-5-6-7-12-9-8(13(7)2)10(16)15(4)11(17)14(9)3/h5-6H2,1-4H3. The highest BCUT2D eigenvalue weighted by Gasteiger charge is 2.15. The van der Waals surface area contributed by atoms with Crippen molar-refractivity contribution in [3.63, 3.8) is 0 Å². The molecule has 0 saturated carbocycles. The minimum Gasteiger partial charge on any atom is -0.325 e. The van der Waals surface area contributed by atoms with Crippen LogP contribution < -0.4 is 11.2 Å². The molecule has 2 aromatic rings. The van der Waals surface area contributed by atoms with Crippen LogP contribution in [0.5, 0.6) is 0 Å². The van der Waals surface area contributed by atoms with Gasteiger partial charge in [-0.1, -0.05) is 6.92 Å². The molecule has 0 radical (unpaired) electrons. The number of hydrogen-bond acceptors (Lipinski definition) is 3. The topological polar surface area (TPSA) is 61.8 Å². The summed E-state index contributed by atoms with van der Waals surface area (Å²) in [4.78, 5) is 28.2. The number of imidazole rings is 1. The lowest BCUT2D eigenvalue weighted by Crippen LogP contribution is -2.37. The third kappa shape index (κ3) is 1.51. The van der Waals surface area contributed by atoms with Crippen LogP contribution >= 0.6 is 0 Å². The zero-order chi connectivity index (χ0) is 12.7. The number of fused-ring (bicyclic) bond motifs is 1. The maximum Gasteiger partial charge on any atom is 0.332 e. The highest BCUT2D eigenvalue weighted by atomic mass is 16.2. The van der Waals surface area contributed by atoms with E-state index < -0.39 is 0 Å². The van der Waals surface area contributed by atoms with Crippen molar-refractivity contribution < 1.29 is 0 Å². The third-order valence-electron chi connectivity index (χ3n) is 3.04. The van der Waals surface area contributed by atoms with E-state index in [2.05, 4.69) is 11.9 Å². The molecule has 17 heavy (non-hydrogen) atoms. The Morgan fingerprint density at radius 2 is 1.71 bits per heavy atom. The second-order valence-electron chi connectivity index (χ2n) is 4.22. The first-order valence-corrected chi connectivity index (χ1v) is 5.60. The van der Waals surface area contributed by atoms with Gasteiger partial charge in [0.2, 0.25) is 0 Å². The van der Waals surface area contributed by atoms with Crippen molar-refractivity contribution in [2.45, 2.75) is 19.8 Å². The predicted octanol–water partition coefficient (Wildman–Crippen LogP) is -0.0768. The minimum atomic E-state index is -0.344. The van der Waals surface area contributed by atoms with Crippen molar-refractivity contribution in [1.29, 1.82) is 0 Å². The fourth-order valence-electron chi connectivity index (χ4n) is 2.01. The van der Waals surface area contributed by atoms with E-state index in [1.54, 1.807) is 11.6 Å². The summed E-state index contributed by atoms with van der Waals surface area (Å²) in [6, 6.07) is 0. The highest BCUT2D eigenvalue weighted by Crippen LogP contribution is 2.10. The minimum absolute atomic E-state index is 0.291. The number of aromatic nitrogens is 4. The van der Waals surface area contributed by atoms with E-state index in [0.29, 0.717) is 11.2 Å². The molecule has 0 atom stereocenters. The lowest BCUT2D eigenvalue weighted by molar-refractivity contribution is 0.705. The number of rotatable bonds is 2. The van der Waals surface area contributed by atoms with Gasteiger partial charge in [0.15, 0.2) is 11.2 Å². The second-order valence-corrected chi connectivity index (χ2v) is 4.22. The molecule has 0 N–H and O–H groups in total. The van der Waals surface area contributed by atoms with Crippen LogP contribution in [-0.2, 0) is 27.6 Å². The van der Waals surface area contributed by atoms with E-state index in [-0.39, 0.29) is 11.2 Å². The average molecular weight is 236 g/mol. The van der Waals surface area contributed by atoms with Crippen LogP contribution in [0, 0.1) is 0 Å². The molecule has 0 saturated heterocycles. The smallest absolute Gasteiger partial charge is 0.325 e. The summed E-state index contributed by atoms with van der Waals surface area (Å²) in [6.45, 7) is 2.05. The van der Waals surface area contributed by atoms with E-state index in [9.17, 15) is 9.59 Å². The summed E-state index contributed by atoms with van der Waals surface area (Å²) in [5.74, 6) is 0.834. The zero-order valence-electron chi connectivity index (χ0n) is 10.5. The summed E-state index contributed by atoms with van der Waals surface area (Å²) in [7, 11) is 4.93. The fourth-order valence-corrected chi connectivity index (χ4v) is 2.01. The predicted molar refractivity (Wildman–Crippen MR) is 65.2 cm³/mol. The first-order chi connectivity index (χ1) is 7.99. The lowest BCUT2D eigenvalue weighted by atomic mass is 10.3. The van der Waals surface area contributed by atoms with E-state index in [0.717, 1.165) is 23.2 Å². The van der Waals surface area contributed by atoms with E-state index in [1.807, 2.05) is 7.05 Å². The molecule has 6 nitrogen and oxygen atoms in total. The van der Waals surface area contributed by atoms with Gasteiger partial charge in [-0.3, -0.25) is 13.9 Å². The molecule has 6 heteroatoms. The van der Waals surface area contributed by atoms with Gasteiger partial charge in [-0.2, -0.15) is 0 Å². The third-order valence-corrected chi connectivity index (χ3v) is 3.04. The van der Waals surface area contributed by atoms with Crippen molar-refractivity contribution in [1.82, 2.24) is 18.7 Å². The molecule has 2 rings (SSSR count). The molecule has 0 unspecified atom stereocenters. The summed E-state index contributed by atoms with van der Waals surface area (Å²) in [5, 5.41) is 0. The van der Waals surface area contributed by atoms with Gasteiger partial charge >= 0.3 is 5.69 Å². The Morgan fingerprint density at radius 3 is 2.29 bits per heavy atom. The number of nitrogens with zero attached hydrogens (tertiary/aromatic N) is 4.